The Morgan fingerprint density at radius 3 is 2.66 bits per heavy atom. The molecule has 0 bridgehead atoms. The number of nitrogens with one attached hydrogen (secondary N) is 2. The first kappa shape index (κ1) is 29.2. The first-order chi connectivity index (χ1) is 19.9. The molecule has 0 aliphatic carbocycles. The van der Waals surface area contributed by atoms with Gasteiger partial charge in [-0.25, -0.2) is 0 Å². The average Bonchev–Trinajstić information content (AvgIpc) is 3.39. The molecule has 214 valence electrons. The van der Waals surface area contributed by atoms with E-state index in [1.807, 2.05) is 72.8 Å². The van der Waals surface area contributed by atoms with E-state index in [2.05, 4.69) is 23.6 Å². The van der Waals surface area contributed by atoms with Crippen molar-refractivity contribution in [3.8, 4) is 11.1 Å². The number of carbonyl (C=O) groups excluding carboxylic acids is 3. The number of hydrogen-bond donors (Lipinski definition) is 2. The number of benzene rings is 3. The minimum atomic E-state index is -1.11. The topological polar surface area (TPSA) is 87.7 Å². The standard InChI is InChI=1S/C32H34IN3O4S/c1-33(2)36-16-6-9-26(20-36)40-32(39)35-29-17-22(10-13-28(29)23-7-4-3-5-8-23)11-15-31(38)34-25-12-14-30-24(18-25)19-27(21-37)41-30/h3-5,7-8,10,12-14,17-19,21,26H,6,9,11,15-16,20H2,1-2H3,(H,34,38)(H,35,39). The number of carbonyl (C=O) groups is 3. The molecule has 4 aromatic rings. The van der Waals surface area contributed by atoms with E-state index in [9.17, 15) is 14.4 Å². The van der Waals surface area contributed by atoms with Crippen LogP contribution in [0.5, 0.6) is 0 Å². The van der Waals surface area contributed by atoms with Gasteiger partial charge in [-0.3, -0.25) is 9.59 Å². The third-order valence-corrected chi connectivity index (χ3v) is 11.7. The van der Waals surface area contributed by atoms with E-state index in [0.717, 1.165) is 59.0 Å². The van der Waals surface area contributed by atoms with Gasteiger partial charge in [-0.1, -0.05) is 0 Å². The van der Waals surface area contributed by atoms with E-state index >= 15 is 0 Å². The molecule has 7 nitrogen and oxygen atoms in total. The van der Waals surface area contributed by atoms with E-state index in [0.29, 0.717) is 22.7 Å². The number of rotatable bonds is 9. The van der Waals surface area contributed by atoms with E-state index in [4.69, 9.17) is 4.74 Å². The van der Waals surface area contributed by atoms with Crippen LogP contribution < -0.4 is 10.6 Å². The Morgan fingerprint density at radius 1 is 1.05 bits per heavy atom. The van der Waals surface area contributed by atoms with Crippen LogP contribution >= 0.6 is 31.4 Å². The Kier molecular flexibility index (Phi) is 9.68. The predicted octanol–water partition coefficient (Wildman–Crippen LogP) is 7.65. The van der Waals surface area contributed by atoms with Gasteiger partial charge in [0, 0.05) is 10.4 Å². The molecular formula is C32H34IN3O4S. The number of thiophene rings is 1. The van der Waals surface area contributed by atoms with Crippen LogP contribution in [0.1, 0.15) is 34.5 Å². The third-order valence-electron chi connectivity index (χ3n) is 7.06. The number of aldehydes is 1. The quantitative estimate of drug-likeness (QED) is 0.0820. The van der Waals surface area contributed by atoms with E-state index in [1.165, 1.54) is 11.3 Å². The van der Waals surface area contributed by atoms with E-state index < -0.39 is 26.2 Å². The van der Waals surface area contributed by atoms with Crippen molar-refractivity contribution < 1.29 is 19.1 Å². The Morgan fingerprint density at radius 2 is 1.88 bits per heavy atom. The molecule has 0 saturated carbocycles. The average molecular weight is 684 g/mol. The molecule has 2 amide bonds. The van der Waals surface area contributed by atoms with Gasteiger partial charge in [0.25, 0.3) is 0 Å². The number of ether oxygens (including phenoxy) is 1. The summed E-state index contributed by atoms with van der Waals surface area (Å²) in [6.45, 7) is 1.90. The molecule has 1 unspecified atom stereocenters. The number of amides is 2. The van der Waals surface area contributed by atoms with Crippen LogP contribution in [0.3, 0.4) is 0 Å². The molecule has 9 heteroatoms. The van der Waals surface area contributed by atoms with Gasteiger partial charge in [0.1, 0.15) is 0 Å². The Balaban J connectivity index is 1.25. The zero-order chi connectivity index (χ0) is 28.8. The Labute approximate surface area is 252 Å². The number of fused-ring (bicyclic) bond motifs is 1. The maximum absolute atomic E-state index is 13.0. The second-order valence-corrected chi connectivity index (χ2v) is 16.8. The summed E-state index contributed by atoms with van der Waals surface area (Å²) in [6.07, 6.45) is 3.01. The van der Waals surface area contributed by atoms with E-state index in [-0.39, 0.29) is 18.4 Å². The van der Waals surface area contributed by atoms with Crippen molar-refractivity contribution in [1.29, 1.82) is 0 Å². The van der Waals surface area contributed by atoms with Crippen LogP contribution in [-0.4, -0.2) is 50.5 Å². The molecule has 5 rings (SSSR count). The monoisotopic (exact) mass is 683 g/mol. The molecule has 2 heterocycles. The number of alkyl halides is 2. The van der Waals surface area contributed by atoms with Crippen LogP contribution in [0, 0.1) is 0 Å². The Bertz CT molecular complexity index is 1540. The zero-order valence-corrected chi connectivity index (χ0v) is 26.2. The second-order valence-electron chi connectivity index (χ2n) is 10.2. The van der Waals surface area contributed by atoms with Gasteiger partial charge in [0.15, 0.2) is 6.29 Å². The molecule has 0 radical (unpaired) electrons. The summed E-state index contributed by atoms with van der Waals surface area (Å²) in [4.78, 5) is 42.2. The molecule has 1 fully saturated rings. The summed E-state index contributed by atoms with van der Waals surface area (Å²) in [7, 11) is 0. The van der Waals surface area contributed by atoms with Gasteiger partial charge in [-0.05, 0) is 29.7 Å². The zero-order valence-electron chi connectivity index (χ0n) is 23.2. The number of halogens is 1. The number of nitrogens with zero attached hydrogens (tertiary/aromatic N) is 1. The molecule has 1 aromatic heterocycles. The molecule has 1 aliphatic rings. The second kappa shape index (κ2) is 13.6. The third kappa shape index (κ3) is 7.72. The molecule has 2 N–H and O–H groups in total. The van der Waals surface area contributed by atoms with Crippen molar-refractivity contribution in [3.63, 3.8) is 0 Å². The molecule has 41 heavy (non-hydrogen) atoms. The number of piperidine rings is 1. The van der Waals surface area contributed by atoms with Gasteiger partial charge in [0.2, 0.25) is 0 Å². The molecule has 1 aliphatic heterocycles. The number of hydrogen-bond acceptors (Lipinski definition) is 6. The molecule has 1 atom stereocenters. The van der Waals surface area contributed by atoms with Crippen molar-refractivity contribution in [2.75, 3.05) is 33.6 Å². The van der Waals surface area contributed by atoms with Crippen molar-refractivity contribution in [3.05, 3.63) is 83.2 Å². The summed E-state index contributed by atoms with van der Waals surface area (Å²) >= 11 is 0.320. The molecular weight excluding hydrogens is 649 g/mol. The minimum absolute atomic E-state index is 0.103. The van der Waals surface area contributed by atoms with Crippen LogP contribution in [0.4, 0.5) is 16.2 Å². The fourth-order valence-corrected chi connectivity index (χ4v) is 8.38. The maximum atomic E-state index is 13.0. The van der Waals surface area contributed by atoms with Crippen LogP contribution in [0.15, 0.2) is 72.8 Å². The summed E-state index contributed by atoms with van der Waals surface area (Å²) in [6, 6.07) is 23.3. The summed E-state index contributed by atoms with van der Waals surface area (Å²) in [5.74, 6) is -0.104. The number of aryl methyl sites for hydroxylation is 1. The van der Waals surface area contributed by atoms with Gasteiger partial charge in [0.05, 0.1) is 4.88 Å². The first-order valence-electron chi connectivity index (χ1n) is 13.6. The van der Waals surface area contributed by atoms with Crippen molar-refractivity contribution in [2.24, 2.45) is 0 Å². The van der Waals surface area contributed by atoms with E-state index in [1.54, 1.807) is 0 Å². The van der Waals surface area contributed by atoms with Gasteiger partial charge >= 0.3 is 176 Å². The number of anilines is 2. The molecule has 1 saturated heterocycles. The predicted molar refractivity (Wildman–Crippen MR) is 177 cm³/mol. The van der Waals surface area contributed by atoms with Gasteiger partial charge < -0.3 is 5.32 Å². The molecule has 3 aromatic carbocycles. The fraction of sp³-hybridized carbons (Fsp3) is 0.281. The van der Waals surface area contributed by atoms with Gasteiger partial charge in [-0.2, -0.15) is 0 Å². The Hall–Kier alpha value is -3.28. The van der Waals surface area contributed by atoms with Crippen LogP contribution in [0.2, 0.25) is 0 Å². The van der Waals surface area contributed by atoms with Crippen LogP contribution in [-0.2, 0) is 16.0 Å². The first-order valence-corrected chi connectivity index (χ1v) is 19.7. The van der Waals surface area contributed by atoms with Crippen molar-refractivity contribution in [2.45, 2.75) is 31.8 Å². The fourth-order valence-electron chi connectivity index (χ4n) is 4.99. The summed E-state index contributed by atoms with van der Waals surface area (Å²) in [5, 5.41) is 6.89. The summed E-state index contributed by atoms with van der Waals surface area (Å²) in [5.41, 5.74) is 4.19. The van der Waals surface area contributed by atoms with Crippen LogP contribution in [0.25, 0.3) is 21.2 Å². The van der Waals surface area contributed by atoms with Gasteiger partial charge in [-0.15, -0.1) is 11.3 Å². The van der Waals surface area contributed by atoms with Crippen molar-refractivity contribution >= 4 is 71.2 Å². The SMILES string of the molecule is CI(C)N1CCCC(OC(=O)Nc2cc(CCC(=O)Nc3ccc4sc(C=O)cc4c3)ccc2-c2ccccc2)C1. The molecule has 0 spiro atoms. The summed E-state index contributed by atoms with van der Waals surface area (Å²) < 4.78 is 9.36. The van der Waals surface area contributed by atoms with Crippen molar-refractivity contribution in [1.82, 2.24) is 3.11 Å². The normalized spacial score (nSPS) is 15.8.